The van der Waals surface area contributed by atoms with Gasteiger partial charge >= 0.3 is 0 Å². The molecule has 5 rings (SSSR count). The predicted molar refractivity (Wildman–Crippen MR) is 165 cm³/mol. The zero-order valence-corrected chi connectivity index (χ0v) is 24.5. The molecule has 2 aromatic carbocycles. The van der Waals surface area contributed by atoms with Crippen molar-refractivity contribution in [2.45, 2.75) is 39.3 Å². The highest BCUT2D eigenvalue weighted by Crippen LogP contribution is 2.44. The van der Waals surface area contributed by atoms with Crippen LogP contribution in [0.5, 0.6) is 0 Å². The maximum atomic E-state index is 12.1. The fourth-order valence-corrected chi connectivity index (χ4v) is 5.95. The number of carbonyl (C=O) groups is 1. The number of amides is 1. The van der Waals surface area contributed by atoms with Crippen LogP contribution >= 0.6 is 23.8 Å². The third kappa shape index (κ3) is 5.35. The Morgan fingerprint density at radius 1 is 1.10 bits per heavy atom. The predicted octanol–water partition coefficient (Wildman–Crippen LogP) is 6.47. The number of halogens is 1. The number of anilines is 2. The zero-order valence-electron chi connectivity index (χ0n) is 22.9. The van der Waals surface area contributed by atoms with Gasteiger partial charge in [-0.3, -0.25) is 9.78 Å². The molecule has 206 valence electrons. The summed E-state index contributed by atoms with van der Waals surface area (Å²) in [6, 6.07) is 22.0. The topological polar surface area (TPSA) is 71.4 Å². The van der Waals surface area contributed by atoms with E-state index in [-0.39, 0.29) is 24.6 Å². The molecule has 0 unspecified atom stereocenters. The van der Waals surface area contributed by atoms with Gasteiger partial charge in [-0.15, -0.1) is 0 Å². The van der Waals surface area contributed by atoms with Gasteiger partial charge in [-0.1, -0.05) is 36.7 Å². The van der Waals surface area contributed by atoms with Crippen molar-refractivity contribution in [2.75, 3.05) is 23.9 Å². The standard InChI is InChI=1S/C31H32ClN5O2S/c1-5-21-9-11-22(12-10-21)36-19(2)16-24(20(36)3)30-29(27-8-6-7-15-33-27)35-31(40)37(30)23-13-14-26(25(32)17-23)34-28(38)18-39-4/h6-17,29-30H,5,18H2,1-4H3,(H,34,38)(H,35,40)/t29-,30-/m1/s1. The lowest BCUT2D eigenvalue weighted by Crippen LogP contribution is -2.29. The van der Waals surface area contributed by atoms with Gasteiger partial charge < -0.3 is 24.8 Å². The molecule has 0 saturated carbocycles. The van der Waals surface area contributed by atoms with E-state index < -0.39 is 0 Å². The van der Waals surface area contributed by atoms with Crippen molar-refractivity contribution in [1.29, 1.82) is 0 Å². The van der Waals surface area contributed by atoms with Crippen LogP contribution in [0.15, 0.2) is 72.9 Å². The maximum Gasteiger partial charge on any atom is 0.250 e. The summed E-state index contributed by atoms with van der Waals surface area (Å²) < 4.78 is 7.20. The minimum absolute atomic E-state index is 0.0527. The Morgan fingerprint density at radius 2 is 1.85 bits per heavy atom. The van der Waals surface area contributed by atoms with Gasteiger partial charge in [-0.05, 0) is 92.1 Å². The number of rotatable bonds is 8. The summed E-state index contributed by atoms with van der Waals surface area (Å²) in [6.07, 6.45) is 2.80. The van der Waals surface area contributed by atoms with Crippen LogP contribution in [0, 0.1) is 13.8 Å². The largest absolute Gasteiger partial charge is 0.375 e. The third-order valence-electron chi connectivity index (χ3n) is 7.27. The average Bonchev–Trinajstić information content (AvgIpc) is 3.45. The van der Waals surface area contributed by atoms with Gasteiger partial charge in [-0.25, -0.2) is 0 Å². The monoisotopic (exact) mass is 573 g/mol. The minimum atomic E-state index is -0.275. The van der Waals surface area contributed by atoms with Crippen LogP contribution in [0.3, 0.4) is 0 Å². The molecule has 1 amide bonds. The van der Waals surface area contributed by atoms with E-state index in [4.69, 9.17) is 28.6 Å². The second kappa shape index (κ2) is 11.8. The number of thiocarbonyl (C=S) groups is 1. The Bertz CT molecular complexity index is 1540. The summed E-state index contributed by atoms with van der Waals surface area (Å²) in [4.78, 5) is 18.8. The fourth-order valence-electron chi connectivity index (χ4n) is 5.39. The number of carbonyl (C=O) groups excluding carboxylic acids is 1. The lowest BCUT2D eigenvalue weighted by molar-refractivity contribution is -0.119. The molecule has 0 spiro atoms. The van der Waals surface area contributed by atoms with Crippen LogP contribution in [-0.2, 0) is 16.0 Å². The molecule has 1 fully saturated rings. The Hall–Kier alpha value is -3.72. The van der Waals surface area contributed by atoms with Crippen LogP contribution in [0.1, 0.15) is 47.2 Å². The van der Waals surface area contributed by atoms with E-state index in [1.165, 1.54) is 12.7 Å². The quantitative estimate of drug-likeness (QED) is 0.236. The number of aromatic nitrogens is 2. The second-order valence-corrected chi connectivity index (χ2v) is 10.6. The van der Waals surface area contributed by atoms with Gasteiger partial charge in [0.15, 0.2) is 5.11 Å². The van der Waals surface area contributed by atoms with Crippen molar-refractivity contribution in [2.24, 2.45) is 0 Å². The number of nitrogens with zero attached hydrogens (tertiary/aromatic N) is 3. The molecule has 0 bridgehead atoms. The fraction of sp³-hybridized carbons (Fsp3) is 0.258. The molecule has 9 heteroatoms. The Morgan fingerprint density at radius 3 is 2.50 bits per heavy atom. The SMILES string of the molecule is CCc1ccc(-n2c(C)cc([C@@H]3[C@@H](c4ccccn4)NC(=S)N3c3ccc(NC(=O)COC)c(Cl)c3)c2C)cc1. The number of hydrogen-bond donors (Lipinski definition) is 2. The van der Waals surface area contributed by atoms with Gasteiger partial charge in [-0.2, -0.15) is 0 Å². The molecular formula is C31H32ClN5O2S. The van der Waals surface area contributed by atoms with Crippen LogP contribution in [0.25, 0.3) is 5.69 Å². The molecule has 1 aliphatic heterocycles. The Kier molecular flexibility index (Phi) is 8.21. The number of methoxy groups -OCH3 is 1. The molecule has 2 atom stereocenters. The Labute approximate surface area is 245 Å². The van der Waals surface area contributed by atoms with E-state index >= 15 is 0 Å². The molecule has 1 saturated heterocycles. The van der Waals surface area contributed by atoms with E-state index in [9.17, 15) is 4.79 Å². The zero-order chi connectivity index (χ0) is 28.4. The smallest absolute Gasteiger partial charge is 0.250 e. The highest BCUT2D eigenvalue weighted by atomic mass is 35.5. The van der Waals surface area contributed by atoms with E-state index in [0.29, 0.717) is 15.8 Å². The summed E-state index contributed by atoms with van der Waals surface area (Å²) in [5, 5.41) is 7.29. The average molecular weight is 574 g/mol. The van der Waals surface area contributed by atoms with Crippen LogP contribution < -0.4 is 15.5 Å². The molecule has 2 aromatic heterocycles. The first-order valence-electron chi connectivity index (χ1n) is 13.2. The lowest BCUT2D eigenvalue weighted by Gasteiger charge is -2.28. The molecule has 0 radical (unpaired) electrons. The van der Waals surface area contributed by atoms with E-state index in [1.54, 1.807) is 12.3 Å². The van der Waals surface area contributed by atoms with Crippen molar-refractivity contribution in [3.8, 4) is 5.69 Å². The highest BCUT2D eigenvalue weighted by molar-refractivity contribution is 7.80. The molecular weight excluding hydrogens is 542 g/mol. The molecule has 2 N–H and O–H groups in total. The van der Waals surface area contributed by atoms with Crippen LogP contribution in [-0.4, -0.2) is 34.3 Å². The first-order chi connectivity index (χ1) is 19.3. The van der Waals surface area contributed by atoms with Crippen molar-refractivity contribution in [3.05, 3.63) is 106 Å². The summed E-state index contributed by atoms with van der Waals surface area (Å²) in [7, 11) is 1.47. The molecule has 3 heterocycles. The maximum absolute atomic E-state index is 12.1. The molecule has 4 aromatic rings. The molecule has 1 aliphatic rings. The number of aryl methyl sites for hydroxylation is 2. The highest BCUT2D eigenvalue weighted by Gasteiger charge is 2.42. The summed E-state index contributed by atoms with van der Waals surface area (Å²) in [5.41, 5.74) is 8.02. The third-order valence-corrected chi connectivity index (χ3v) is 7.90. The van der Waals surface area contributed by atoms with Crippen molar-refractivity contribution in [3.63, 3.8) is 0 Å². The Balaban J connectivity index is 1.59. The van der Waals surface area contributed by atoms with E-state index in [2.05, 4.69) is 76.2 Å². The van der Waals surface area contributed by atoms with Gasteiger partial charge in [0.2, 0.25) is 5.91 Å². The lowest BCUT2D eigenvalue weighted by atomic mass is 9.96. The summed E-state index contributed by atoms with van der Waals surface area (Å²) in [6.45, 7) is 6.38. The van der Waals surface area contributed by atoms with Gasteiger partial charge in [0.05, 0.1) is 28.5 Å². The van der Waals surface area contributed by atoms with E-state index in [1.807, 2.05) is 30.3 Å². The van der Waals surface area contributed by atoms with Gasteiger partial charge in [0, 0.05) is 36.1 Å². The number of benzene rings is 2. The molecule has 40 heavy (non-hydrogen) atoms. The first kappa shape index (κ1) is 27.8. The molecule has 7 nitrogen and oxygen atoms in total. The summed E-state index contributed by atoms with van der Waals surface area (Å²) in [5.74, 6) is -0.275. The number of hydrogen-bond acceptors (Lipinski definition) is 4. The van der Waals surface area contributed by atoms with E-state index in [0.717, 1.165) is 40.4 Å². The number of pyridine rings is 1. The van der Waals surface area contributed by atoms with Gasteiger partial charge in [0.25, 0.3) is 0 Å². The van der Waals surface area contributed by atoms with Crippen LogP contribution in [0.2, 0.25) is 5.02 Å². The normalized spacial score (nSPS) is 16.7. The summed E-state index contributed by atoms with van der Waals surface area (Å²) >= 11 is 12.6. The van der Waals surface area contributed by atoms with Gasteiger partial charge in [0.1, 0.15) is 6.61 Å². The van der Waals surface area contributed by atoms with Crippen LogP contribution in [0.4, 0.5) is 11.4 Å². The minimum Gasteiger partial charge on any atom is -0.375 e. The number of nitrogens with one attached hydrogen (secondary N) is 2. The first-order valence-corrected chi connectivity index (χ1v) is 14.0. The second-order valence-electron chi connectivity index (χ2n) is 9.82. The van der Waals surface area contributed by atoms with Crippen molar-refractivity contribution < 1.29 is 9.53 Å². The molecule has 0 aliphatic carbocycles. The van der Waals surface area contributed by atoms with Crippen molar-refractivity contribution >= 4 is 46.2 Å². The number of ether oxygens (including phenoxy) is 1. The van der Waals surface area contributed by atoms with Crippen molar-refractivity contribution in [1.82, 2.24) is 14.9 Å².